The highest BCUT2D eigenvalue weighted by Gasteiger charge is 2.30. The number of hydrogen-bond donors (Lipinski definition) is 0. The van der Waals surface area contributed by atoms with Crippen LogP contribution in [-0.4, -0.2) is 13.2 Å². The van der Waals surface area contributed by atoms with E-state index in [9.17, 15) is 4.57 Å². The van der Waals surface area contributed by atoms with E-state index < -0.39 is 7.60 Å². The van der Waals surface area contributed by atoms with Gasteiger partial charge in [-0.25, -0.2) is 0 Å². The van der Waals surface area contributed by atoms with Crippen LogP contribution in [0.5, 0.6) is 0 Å². The molecule has 0 bridgehead atoms. The monoisotopic (exact) mass is 330 g/mol. The van der Waals surface area contributed by atoms with E-state index in [0.717, 1.165) is 16.7 Å². The van der Waals surface area contributed by atoms with Crippen molar-refractivity contribution in [1.82, 2.24) is 0 Å². The van der Waals surface area contributed by atoms with Crippen molar-refractivity contribution in [2.75, 3.05) is 13.2 Å². The second kappa shape index (κ2) is 8.26. The van der Waals surface area contributed by atoms with Gasteiger partial charge in [-0.1, -0.05) is 60.7 Å². The molecule has 0 atom stereocenters. The van der Waals surface area contributed by atoms with E-state index in [1.165, 1.54) is 0 Å². The zero-order valence-corrected chi connectivity index (χ0v) is 14.8. The SMILES string of the molecule is CCOP(=O)(OCC)c1c(C)cccc1/C=C/c1ccccc1. The van der Waals surface area contributed by atoms with Crippen LogP contribution in [0.2, 0.25) is 0 Å². The maximum absolute atomic E-state index is 13.2. The van der Waals surface area contributed by atoms with Crippen LogP contribution in [0.1, 0.15) is 30.5 Å². The van der Waals surface area contributed by atoms with Crippen LogP contribution in [0, 0.1) is 6.92 Å². The van der Waals surface area contributed by atoms with Crippen LogP contribution < -0.4 is 5.30 Å². The molecule has 3 nitrogen and oxygen atoms in total. The molecule has 2 aromatic rings. The summed E-state index contributed by atoms with van der Waals surface area (Å²) in [6, 6.07) is 15.8. The maximum atomic E-state index is 13.2. The smallest absolute Gasteiger partial charge is 0.305 e. The molecule has 0 aromatic heterocycles. The van der Waals surface area contributed by atoms with Gasteiger partial charge < -0.3 is 9.05 Å². The molecule has 0 fully saturated rings. The van der Waals surface area contributed by atoms with Gasteiger partial charge in [0.1, 0.15) is 0 Å². The number of rotatable bonds is 7. The van der Waals surface area contributed by atoms with Gasteiger partial charge in [-0.15, -0.1) is 0 Å². The molecule has 0 aliphatic heterocycles. The first-order valence-electron chi connectivity index (χ1n) is 7.83. The second-order valence-corrected chi connectivity index (χ2v) is 7.05. The maximum Gasteiger partial charge on any atom is 0.362 e. The number of aryl methyl sites for hydroxylation is 1. The van der Waals surface area contributed by atoms with Crippen molar-refractivity contribution in [3.8, 4) is 0 Å². The van der Waals surface area contributed by atoms with E-state index in [-0.39, 0.29) is 0 Å². The largest absolute Gasteiger partial charge is 0.362 e. The van der Waals surface area contributed by atoms with Crippen LogP contribution in [0.25, 0.3) is 12.2 Å². The summed E-state index contributed by atoms with van der Waals surface area (Å²) in [5.74, 6) is 0. The predicted molar refractivity (Wildman–Crippen MR) is 97.0 cm³/mol. The molecule has 0 amide bonds. The molecule has 2 aromatic carbocycles. The normalized spacial score (nSPS) is 12.0. The molecule has 122 valence electrons. The fraction of sp³-hybridized carbons (Fsp3) is 0.263. The molecule has 0 radical (unpaired) electrons. The summed E-state index contributed by atoms with van der Waals surface area (Å²) in [5.41, 5.74) is 2.85. The number of hydrogen-bond acceptors (Lipinski definition) is 3. The first-order valence-corrected chi connectivity index (χ1v) is 9.37. The van der Waals surface area contributed by atoms with E-state index in [4.69, 9.17) is 9.05 Å². The highest BCUT2D eigenvalue weighted by molar-refractivity contribution is 7.62. The molecule has 0 unspecified atom stereocenters. The highest BCUT2D eigenvalue weighted by Crippen LogP contribution is 2.48. The fourth-order valence-electron chi connectivity index (χ4n) is 2.45. The molecule has 0 spiro atoms. The lowest BCUT2D eigenvalue weighted by molar-refractivity contribution is 0.230. The van der Waals surface area contributed by atoms with E-state index in [2.05, 4.69) is 0 Å². The summed E-state index contributed by atoms with van der Waals surface area (Å²) in [7, 11) is -3.32. The van der Waals surface area contributed by atoms with Gasteiger partial charge in [0.2, 0.25) is 0 Å². The third kappa shape index (κ3) is 4.42. The molecular weight excluding hydrogens is 307 g/mol. The van der Waals surface area contributed by atoms with Crippen LogP contribution in [0.15, 0.2) is 48.5 Å². The van der Waals surface area contributed by atoms with Crippen molar-refractivity contribution in [2.45, 2.75) is 20.8 Å². The Hall–Kier alpha value is -1.67. The molecule has 0 aliphatic carbocycles. The lowest BCUT2D eigenvalue weighted by Gasteiger charge is -2.21. The fourth-order valence-corrected chi connectivity index (χ4v) is 4.43. The predicted octanol–water partition coefficient (Wildman–Crippen LogP) is 5.06. The van der Waals surface area contributed by atoms with Gasteiger partial charge in [0.25, 0.3) is 0 Å². The van der Waals surface area contributed by atoms with Crippen molar-refractivity contribution < 1.29 is 13.6 Å². The molecule has 0 saturated heterocycles. The molecule has 0 heterocycles. The third-order valence-corrected chi connectivity index (χ3v) is 5.75. The Morgan fingerprint density at radius 1 is 0.913 bits per heavy atom. The van der Waals surface area contributed by atoms with Crippen LogP contribution in [0.3, 0.4) is 0 Å². The average molecular weight is 330 g/mol. The van der Waals surface area contributed by atoms with E-state index in [1.807, 2.05) is 81.5 Å². The topological polar surface area (TPSA) is 35.5 Å². The third-order valence-electron chi connectivity index (χ3n) is 3.40. The van der Waals surface area contributed by atoms with Crippen molar-refractivity contribution in [3.63, 3.8) is 0 Å². The van der Waals surface area contributed by atoms with Gasteiger partial charge in [0, 0.05) is 0 Å². The zero-order valence-electron chi connectivity index (χ0n) is 13.9. The lowest BCUT2D eigenvalue weighted by atomic mass is 10.1. The Labute approximate surface area is 138 Å². The molecule has 0 aliphatic rings. The van der Waals surface area contributed by atoms with Gasteiger partial charge in [0.15, 0.2) is 0 Å². The summed E-state index contributed by atoms with van der Waals surface area (Å²) in [6.45, 7) is 6.26. The molecule has 4 heteroatoms. The Kier molecular flexibility index (Phi) is 6.35. The molecule has 23 heavy (non-hydrogen) atoms. The first-order chi connectivity index (χ1) is 11.1. The summed E-state index contributed by atoms with van der Waals surface area (Å²) in [4.78, 5) is 0. The van der Waals surface area contributed by atoms with Gasteiger partial charge >= 0.3 is 7.60 Å². The molecular formula is C19H23O3P. The Balaban J connectivity index is 2.47. The summed E-state index contributed by atoms with van der Waals surface area (Å²) in [6.07, 6.45) is 3.96. The van der Waals surface area contributed by atoms with E-state index in [0.29, 0.717) is 18.5 Å². The Morgan fingerprint density at radius 3 is 2.17 bits per heavy atom. The highest BCUT2D eigenvalue weighted by atomic mass is 31.2. The standard InChI is InChI=1S/C19H23O3P/c1-4-21-23(20,22-5-2)19-16(3)10-9-13-18(19)15-14-17-11-7-6-8-12-17/h6-15H,4-5H2,1-3H3/b15-14+. The minimum atomic E-state index is -3.32. The van der Waals surface area contributed by atoms with Crippen molar-refractivity contribution in [2.24, 2.45) is 0 Å². The first kappa shape index (κ1) is 17.7. The quantitative estimate of drug-likeness (QED) is 0.526. The van der Waals surface area contributed by atoms with Crippen LogP contribution in [0.4, 0.5) is 0 Å². The van der Waals surface area contributed by atoms with Gasteiger partial charge in [-0.2, -0.15) is 0 Å². The van der Waals surface area contributed by atoms with Gasteiger partial charge in [0.05, 0.1) is 18.5 Å². The molecule has 0 saturated carbocycles. The minimum Gasteiger partial charge on any atom is -0.305 e. The summed E-state index contributed by atoms with van der Waals surface area (Å²) < 4.78 is 24.2. The summed E-state index contributed by atoms with van der Waals surface area (Å²) in [5, 5.41) is 0.649. The van der Waals surface area contributed by atoms with Gasteiger partial charge in [-0.05, 0) is 37.5 Å². The Morgan fingerprint density at radius 2 is 1.57 bits per heavy atom. The average Bonchev–Trinajstić information content (AvgIpc) is 2.54. The van der Waals surface area contributed by atoms with Crippen LogP contribution in [-0.2, 0) is 13.6 Å². The Bertz CT molecular complexity index is 698. The minimum absolute atomic E-state index is 0.341. The second-order valence-electron chi connectivity index (χ2n) is 5.09. The number of benzene rings is 2. The van der Waals surface area contributed by atoms with Gasteiger partial charge in [-0.3, -0.25) is 4.57 Å². The zero-order chi connectivity index (χ0) is 16.7. The van der Waals surface area contributed by atoms with Crippen molar-refractivity contribution in [1.29, 1.82) is 0 Å². The molecule has 2 rings (SSSR count). The lowest BCUT2D eigenvalue weighted by Crippen LogP contribution is -2.17. The van der Waals surface area contributed by atoms with Crippen LogP contribution >= 0.6 is 7.60 Å². The van der Waals surface area contributed by atoms with E-state index >= 15 is 0 Å². The van der Waals surface area contributed by atoms with E-state index in [1.54, 1.807) is 0 Å². The summed E-state index contributed by atoms with van der Waals surface area (Å²) >= 11 is 0. The molecule has 0 N–H and O–H groups in total. The van der Waals surface area contributed by atoms with Crippen molar-refractivity contribution in [3.05, 3.63) is 65.2 Å². The van der Waals surface area contributed by atoms with Crippen molar-refractivity contribution >= 4 is 25.1 Å².